The van der Waals surface area contributed by atoms with Gasteiger partial charge in [0, 0.05) is 5.92 Å². The molecule has 2 aliphatic heterocycles. The summed E-state index contributed by atoms with van der Waals surface area (Å²) in [6.07, 6.45) is -9.21. The molecule has 16 heteroatoms. The van der Waals surface area contributed by atoms with Gasteiger partial charge in [0.1, 0.15) is 36.6 Å². The van der Waals surface area contributed by atoms with Gasteiger partial charge < -0.3 is 59.1 Å². The van der Waals surface area contributed by atoms with Crippen LogP contribution in [0.3, 0.4) is 0 Å². The zero-order valence-electron chi connectivity index (χ0n) is 39.1. The van der Waals surface area contributed by atoms with E-state index in [4.69, 9.17) is 28.4 Å². The summed E-state index contributed by atoms with van der Waals surface area (Å²) in [6, 6.07) is 0. The molecule has 6 N–H and O–H groups in total. The fourth-order valence-corrected chi connectivity index (χ4v) is 14.0. The molecule has 362 valence electrons. The first-order chi connectivity index (χ1) is 29.8. The number of carboxylic acid groups (broad SMARTS) is 1. The van der Waals surface area contributed by atoms with E-state index >= 15 is 0 Å². The number of carbonyl (C=O) groups excluding carboxylic acids is 3. The van der Waals surface area contributed by atoms with Gasteiger partial charge in [0.2, 0.25) is 0 Å². The Morgan fingerprint density at radius 3 is 2.00 bits per heavy atom. The van der Waals surface area contributed by atoms with E-state index in [2.05, 4.69) is 41.5 Å². The van der Waals surface area contributed by atoms with Gasteiger partial charge in [-0.05, 0) is 123 Å². The number of ether oxygens (including phenoxy) is 6. The maximum atomic E-state index is 15.0. The van der Waals surface area contributed by atoms with Crippen LogP contribution in [0.2, 0.25) is 0 Å². The summed E-state index contributed by atoms with van der Waals surface area (Å²) >= 11 is 0. The van der Waals surface area contributed by atoms with Gasteiger partial charge in [-0.15, -0.1) is 0 Å². The topological polar surface area (TPSA) is 245 Å². The molecule has 19 atom stereocenters. The van der Waals surface area contributed by atoms with Crippen LogP contribution in [0, 0.1) is 50.2 Å². The molecule has 0 unspecified atom stereocenters. The third-order valence-corrected chi connectivity index (χ3v) is 18.2. The highest BCUT2D eigenvalue weighted by molar-refractivity contribution is 5.95. The van der Waals surface area contributed by atoms with E-state index in [1.165, 1.54) is 6.92 Å². The third kappa shape index (κ3) is 7.79. The summed E-state index contributed by atoms with van der Waals surface area (Å²) in [5.74, 6) is -3.04. The Morgan fingerprint density at radius 2 is 1.36 bits per heavy atom. The Labute approximate surface area is 376 Å². The number of aliphatic carboxylic acids is 1. The number of hydrogen-bond donors (Lipinski definition) is 6. The minimum atomic E-state index is -1.94. The number of fused-ring (bicyclic) bond motifs is 7. The second-order valence-electron chi connectivity index (χ2n) is 22.2. The van der Waals surface area contributed by atoms with Crippen LogP contribution < -0.4 is 0 Å². The predicted molar refractivity (Wildman–Crippen MR) is 227 cm³/mol. The van der Waals surface area contributed by atoms with E-state index in [0.717, 1.165) is 44.1 Å². The van der Waals surface area contributed by atoms with E-state index < -0.39 is 107 Å². The normalized spacial score (nSPS) is 48.7. The van der Waals surface area contributed by atoms with Gasteiger partial charge in [0.25, 0.3) is 0 Å². The number of carboxylic acids is 1. The van der Waals surface area contributed by atoms with Crippen molar-refractivity contribution in [2.24, 2.45) is 50.2 Å². The van der Waals surface area contributed by atoms with E-state index in [1.54, 1.807) is 0 Å². The highest BCUT2D eigenvalue weighted by Gasteiger charge is 2.71. The van der Waals surface area contributed by atoms with Crippen molar-refractivity contribution in [2.75, 3.05) is 13.2 Å². The van der Waals surface area contributed by atoms with E-state index in [9.17, 15) is 49.8 Å². The molecular formula is C48H74O16. The average Bonchev–Trinajstić information content (AvgIpc) is 3.22. The monoisotopic (exact) mass is 906 g/mol. The standard InChI is InChI=1S/C48H74O16/c1-10-12-21-60-39(56)35-31(52)32(53)36(64-40-33(54)29(50)30(51)34(62-40)38(55)59-11-2)41(63-35)61-28-14-15-46(7)27(43(28,3)4)13-16-48(9)37(46)26(49)22-24-25-23-45(6,42(57)58)18-17-44(25,5)19-20-47(24,48)8/h22,25,27-37,40-41,50-54H,10-21,23H2,1-9H3,(H,57,58)/t25-,27-,28+,29+,30-,31+,32+,33-,34-,35+,36+,37-,40-,41-,44+,45+,46+,47-,48-/m0/s1. The van der Waals surface area contributed by atoms with E-state index in [-0.39, 0.29) is 47.6 Å². The van der Waals surface area contributed by atoms with Crippen molar-refractivity contribution >= 4 is 23.7 Å². The van der Waals surface area contributed by atoms with Crippen LogP contribution in [-0.4, -0.2) is 135 Å². The van der Waals surface area contributed by atoms with Crippen molar-refractivity contribution in [3.8, 4) is 0 Å². The molecule has 7 aliphatic rings. The zero-order valence-corrected chi connectivity index (χ0v) is 39.1. The second-order valence-corrected chi connectivity index (χ2v) is 22.2. The molecule has 5 aliphatic carbocycles. The van der Waals surface area contributed by atoms with Gasteiger partial charge in [-0.3, -0.25) is 9.59 Å². The molecule has 7 rings (SSSR count). The van der Waals surface area contributed by atoms with Crippen LogP contribution in [-0.2, 0) is 47.6 Å². The van der Waals surface area contributed by atoms with Crippen molar-refractivity contribution < 1.29 is 78.2 Å². The fourth-order valence-electron chi connectivity index (χ4n) is 14.0. The number of esters is 2. The van der Waals surface area contributed by atoms with Crippen LogP contribution in [0.4, 0.5) is 0 Å². The molecule has 64 heavy (non-hydrogen) atoms. The van der Waals surface area contributed by atoms with Crippen LogP contribution in [0.15, 0.2) is 11.6 Å². The van der Waals surface area contributed by atoms with E-state index in [1.807, 2.05) is 19.9 Å². The van der Waals surface area contributed by atoms with Crippen molar-refractivity contribution in [3.05, 3.63) is 11.6 Å². The van der Waals surface area contributed by atoms with Gasteiger partial charge in [-0.1, -0.05) is 60.5 Å². The minimum absolute atomic E-state index is 0.00860. The van der Waals surface area contributed by atoms with Crippen LogP contribution in [0.25, 0.3) is 0 Å². The first-order valence-corrected chi connectivity index (χ1v) is 23.7. The minimum Gasteiger partial charge on any atom is -0.481 e. The number of aliphatic hydroxyl groups is 5. The molecule has 16 nitrogen and oxygen atoms in total. The lowest BCUT2D eigenvalue weighted by atomic mass is 9.33. The number of ketones is 1. The number of allylic oxidation sites excluding steroid dienone is 2. The lowest BCUT2D eigenvalue weighted by Crippen LogP contribution is -2.68. The number of rotatable bonds is 11. The molecular weight excluding hydrogens is 833 g/mol. The van der Waals surface area contributed by atoms with Crippen LogP contribution >= 0.6 is 0 Å². The SMILES string of the molecule is CCCCOC(=O)[C@@H]1O[C@H](O[C@@H]2CC[C@]3(C)[C@@H](CC[C@@]4(C)[C@H]3C(=O)C=C3[C@@H]5C[C@](C)(C(=O)O)CC[C@]5(C)CC[C@@]34C)C2(C)C)[C@H](O[C@@H]2O[C@H](C(=O)OCC)[C@@H](O)[C@@H](O)[C@@H]2O)[C@H](O)[C@H]1O. The van der Waals surface area contributed by atoms with Crippen LogP contribution in [0.5, 0.6) is 0 Å². The smallest absolute Gasteiger partial charge is 0.338 e. The molecule has 0 amide bonds. The molecule has 2 saturated heterocycles. The number of carbonyl (C=O) groups is 4. The molecule has 0 spiro atoms. The highest BCUT2D eigenvalue weighted by Crippen LogP contribution is 2.75. The first-order valence-electron chi connectivity index (χ1n) is 23.7. The van der Waals surface area contributed by atoms with Gasteiger partial charge in [0.15, 0.2) is 30.6 Å². The Bertz CT molecular complexity index is 1830. The fraction of sp³-hybridized carbons (Fsp3) is 0.875. The summed E-state index contributed by atoms with van der Waals surface area (Å²) in [4.78, 5) is 53.6. The van der Waals surface area contributed by atoms with Gasteiger partial charge in [-0.2, -0.15) is 0 Å². The van der Waals surface area contributed by atoms with E-state index in [0.29, 0.717) is 32.1 Å². The summed E-state index contributed by atoms with van der Waals surface area (Å²) in [6.45, 7) is 18.6. The Kier molecular flexibility index (Phi) is 13.5. The average molecular weight is 907 g/mol. The quantitative estimate of drug-likeness (QED) is 0.0976. The Hall–Kier alpha value is -2.54. The molecule has 0 bridgehead atoms. The Morgan fingerprint density at radius 1 is 0.734 bits per heavy atom. The largest absolute Gasteiger partial charge is 0.481 e. The van der Waals surface area contributed by atoms with Gasteiger partial charge in [0.05, 0.1) is 24.7 Å². The summed E-state index contributed by atoms with van der Waals surface area (Å²) in [5.41, 5.74) is -1.67. The molecule has 0 radical (unpaired) electrons. The third-order valence-electron chi connectivity index (χ3n) is 18.2. The van der Waals surface area contributed by atoms with Crippen molar-refractivity contribution in [1.82, 2.24) is 0 Å². The van der Waals surface area contributed by atoms with Crippen molar-refractivity contribution in [1.29, 1.82) is 0 Å². The molecule has 2 heterocycles. The molecule has 4 saturated carbocycles. The zero-order chi connectivity index (χ0) is 47.1. The van der Waals surface area contributed by atoms with Crippen molar-refractivity contribution in [3.63, 3.8) is 0 Å². The first kappa shape index (κ1) is 49.4. The lowest BCUT2D eigenvalue weighted by Gasteiger charge is -2.70. The number of hydrogen-bond acceptors (Lipinski definition) is 15. The second kappa shape index (κ2) is 17.5. The molecule has 0 aromatic carbocycles. The molecule has 0 aromatic rings. The Balaban J connectivity index is 1.18. The van der Waals surface area contributed by atoms with Gasteiger partial charge in [-0.25, -0.2) is 9.59 Å². The maximum absolute atomic E-state index is 15.0. The van der Waals surface area contributed by atoms with Gasteiger partial charge >= 0.3 is 17.9 Å². The predicted octanol–water partition coefficient (Wildman–Crippen LogP) is 3.98. The number of aliphatic hydroxyl groups excluding tert-OH is 5. The summed E-state index contributed by atoms with van der Waals surface area (Å²) in [7, 11) is 0. The number of unbranched alkanes of at least 4 members (excludes halogenated alkanes) is 1. The lowest BCUT2D eigenvalue weighted by molar-refractivity contribution is -0.371. The summed E-state index contributed by atoms with van der Waals surface area (Å²) < 4.78 is 35.1. The molecule has 6 fully saturated rings. The molecule has 0 aromatic heterocycles. The highest BCUT2D eigenvalue weighted by atomic mass is 16.8. The maximum Gasteiger partial charge on any atom is 0.338 e. The summed E-state index contributed by atoms with van der Waals surface area (Å²) in [5, 5.41) is 65.6. The van der Waals surface area contributed by atoms with Crippen molar-refractivity contribution in [2.45, 2.75) is 200 Å². The van der Waals surface area contributed by atoms with Crippen LogP contribution in [0.1, 0.15) is 133 Å².